The van der Waals surface area contributed by atoms with Crippen LogP contribution in [0.4, 0.5) is 15.8 Å². The van der Waals surface area contributed by atoms with Crippen molar-refractivity contribution in [1.29, 1.82) is 0 Å². The molecule has 0 saturated heterocycles. The van der Waals surface area contributed by atoms with Gasteiger partial charge in [0.25, 0.3) is 5.69 Å². The van der Waals surface area contributed by atoms with Gasteiger partial charge in [0.15, 0.2) is 11.6 Å². The van der Waals surface area contributed by atoms with Crippen LogP contribution in [0.3, 0.4) is 0 Å². The molecule has 7 heteroatoms. The molecule has 2 aromatic rings. The molecule has 5 nitrogen and oxygen atoms in total. The van der Waals surface area contributed by atoms with E-state index in [1.165, 1.54) is 30.3 Å². The van der Waals surface area contributed by atoms with Crippen molar-refractivity contribution in [2.24, 2.45) is 0 Å². The number of halogens is 2. The molecule has 98 valence electrons. The predicted octanol–water partition coefficient (Wildman–Crippen LogP) is 3.87. The highest BCUT2D eigenvalue weighted by Gasteiger charge is 2.11. The third-order valence-electron chi connectivity index (χ3n) is 2.25. The van der Waals surface area contributed by atoms with E-state index in [0.29, 0.717) is 4.47 Å². The second-order valence-electron chi connectivity index (χ2n) is 3.69. The number of nitrogen functional groups attached to an aromatic ring is 1. The molecule has 2 rings (SSSR count). The zero-order chi connectivity index (χ0) is 14.0. The Balaban J connectivity index is 2.35. The number of nitro benzene ring substituents is 1. The molecule has 0 aliphatic rings. The molecular formula is C12H8BrFN2O3. The molecule has 2 aromatic carbocycles. The van der Waals surface area contributed by atoms with Crippen LogP contribution >= 0.6 is 15.9 Å². The minimum Gasteiger partial charge on any atom is -0.454 e. The Morgan fingerprint density at radius 2 is 2.00 bits per heavy atom. The van der Waals surface area contributed by atoms with Crippen LogP contribution in [0.15, 0.2) is 40.9 Å². The normalized spacial score (nSPS) is 10.2. The van der Waals surface area contributed by atoms with Crippen molar-refractivity contribution in [2.45, 2.75) is 0 Å². The van der Waals surface area contributed by atoms with Gasteiger partial charge in [0.05, 0.1) is 11.0 Å². The van der Waals surface area contributed by atoms with Gasteiger partial charge >= 0.3 is 0 Å². The van der Waals surface area contributed by atoms with Crippen LogP contribution in [0.5, 0.6) is 11.5 Å². The van der Waals surface area contributed by atoms with Gasteiger partial charge in [-0.1, -0.05) is 15.9 Å². The second-order valence-corrected chi connectivity index (χ2v) is 4.61. The summed E-state index contributed by atoms with van der Waals surface area (Å²) in [5, 5.41) is 10.7. The van der Waals surface area contributed by atoms with Crippen LogP contribution in [-0.4, -0.2) is 4.92 Å². The fourth-order valence-electron chi connectivity index (χ4n) is 1.46. The van der Waals surface area contributed by atoms with Crippen LogP contribution in [-0.2, 0) is 0 Å². The highest BCUT2D eigenvalue weighted by atomic mass is 79.9. The zero-order valence-corrected chi connectivity index (χ0v) is 11.1. The first kappa shape index (κ1) is 13.3. The Bertz CT molecular complexity index is 649. The average molecular weight is 327 g/mol. The quantitative estimate of drug-likeness (QED) is 0.527. The fraction of sp³-hybridized carbons (Fsp3) is 0. The molecule has 0 aliphatic carbocycles. The molecule has 0 radical (unpaired) electrons. The molecule has 0 spiro atoms. The summed E-state index contributed by atoms with van der Waals surface area (Å²) in [5.74, 6) is -0.518. The summed E-state index contributed by atoms with van der Waals surface area (Å²) < 4.78 is 19.4. The summed E-state index contributed by atoms with van der Waals surface area (Å²) in [6.07, 6.45) is 0. The first-order chi connectivity index (χ1) is 8.95. The van der Waals surface area contributed by atoms with Crippen molar-refractivity contribution in [1.82, 2.24) is 0 Å². The van der Waals surface area contributed by atoms with Crippen LogP contribution in [0.25, 0.3) is 0 Å². The molecule has 0 unspecified atom stereocenters. The standard InChI is InChI=1S/C12H8BrFN2O3/c13-7-1-2-12(11(14)3-7)19-10-5-8(15)4-9(6-10)16(17)18/h1-6H,15H2. The second kappa shape index (κ2) is 5.23. The molecule has 19 heavy (non-hydrogen) atoms. The van der Waals surface area contributed by atoms with Crippen molar-refractivity contribution in [3.63, 3.8) is 0 Å². The Hall–Kier alpha value is -2.15. The number of non-ortho nitro benzene ring substituents is 1. The number of hydrogen-bond donors (Lipinski definition) is 1. The van der Waals surface area contributed by atoms with Gasteiger partial charge in [-0.15, -0.1) is 0 Å². The number of benzene rings is 2. The summed E-state index contributed by atoms with van der Waals surface area (Å²) in [5.41, 5.74) is 5.48. The minimum absolute atomic E-state index is 0.0388. The summed E-state index contributed by atoms with van der Waals surface area (Å²) in [6, 6.07) is 8.00. The van der Waals surface area contributed by atoms with E-state index in [4.69, 9.17) is 10.5 Å². The molecule has 0 aromatic heterocycles. The SMILES string of the molecule is Nc1cc(Oc2ccc(Br)cc2F)cc([N+](=O)[O-])c1. The third-order valence-corrected chi connectivity index (χ3v) is 2.74. The van der Waals surface area contributed by atoms with E-state index < -0.39 is 10.7 Å². The molecule has 0 bridgehead atoms. The summed E-state index contributed by atoms with van der Waals surface area (Å²) in [6.45, 7) is 0. The molecule has 0 atom stereocenters. The largest absolute Gasteiger partial charge is 0.454 e. The van der Waals surface area contributed by atoms with E-state index in [9.17, 15) is 14.5 Å². The maximum absolute atomic E-state index is 13.6. The molecule has 0 aliphatic heterocycles. The van der Waals surface area contributed by atoms with Crippen molar-refractivity contribution in [2.75, 3.05) is 5.73 Å². The Kier molecular flexibility index (Phi) is 3.66. The molecular weight excluding hydrogens is 319 g/mol. The maximum atomic E-state index is 13.6. The lowest BCUT2D eigenvalue weighted by Gasteiger charge is -2.07. The van der Waals surface area contributed by atoms with E-state index in [0.717, 1.165) is 0 Å². The van der Waals surface area contributed by atoms with Gasteiger partial charge in [-0.05, 0) is 18.2 Å². The van der Waals surface area contributed by atoms with Gasteiger partial charge in [-0.2, -0.15) is 0 Å². The van der Waals surface area contributed by atoms with E-state index in [-0.39, 0.29) is 22.9 Å². The van der Waals surface area contributed by atoms with Crippen LogP contribution in [0, 0.1) is 15.9 Å². The number of anilines is 1. The van der Waals surface area contributed by atoms with Gasteiger partial charge in [0, 0.05) is 22.3 Å². The lowest BCUT2D eigenvalue weighted by Crippen LogP contribution is -1.94. The maximum Gasteiger partial charge on any atom is 0.275 e. The Labute approximate surface area is 116 Å². The van der Waals surface area contributed by atoms with E-state index in [1.54, 1.807) is 6.07 Å². The third kappa shape index (κ3) is 3.19. The van der Waals surface area contributed by atoms with Crippen molar-refractivity contribution >= 4 is 27.3 Å². The van der Waals surface area contributed by atoms with Gasteiger partial charge < -0.3 is 10.5 Å². The summed E-state index contributed by atoms with van der Waals surface area (Å²) in [7, 11) is 0. The van der Waals surface area contributed by atoms with Gasteiger partial charge in [0.1, 0.15) is 5.75 Å². The summed E-state index contributed by atoms with van der Waals surface area (Å²) in [4.78, 5) is 10.1. The zero-order valence-electron chi connectivity index (χ0n) is 9.47. The number of nitrogens with zero attached hydrogens (tertiary/aromatic N) is 1. The van der Waals surface area contributed by atoms with Crippen molar-refractivity contribution in [3.8, 4) is 11.5 Å². The predicted molar refractivity (Wildman–Crippen MR) is 71.7 cm³/mol. The number of nitrogens with two attached hydrogens (primary N) is 1. The molecule has 0 fully saturated rings. The number of hydrogen-bond acceptors (Lipinski definition) is 4. The minimum atomic E-state index is -0.596. The number of nitro groups is 1. The van der Waals surface area contributed by atoms with Crippen LogP contribution in [0.1, 0.15) is 0 Å². The average Bonchev–Trinajstić information content (AvgIpc) is 2.32. The van der Waals surface area contributed by atoms with Gasteiger partial charge in [0.2, 0.25) is 0 Å². The molecule has 0 saturated carbocycles. The number of ether oxygens (including phenoxy) is 1. The monoisotopic (exact) mass is 326 g/mol. The van der Waals surface area contributed by atoms with Crippen molar-refractivity contribution in [3.05, 3.63) is 56.8 Å². The topological polar surface area (TPSA) is 78.4 Å². The molecule has 2 N–H and O–H groups in total. The van der Waals surface area contributed by atoms with Crippen LogP contribution in [0.2, 0.25) is 0 Å². The van der Waals surface area contributed by atoms with E-state index in [1.807, 2.05) is 0 Å². The van der Waals surface area contributed by atoms with E-state index >= 15 is 0 Å². The smallest absolute Gasteiger partial charge is 0.275 e. The lowest BCUT2D eigenvalue weighted by molar-refractivity contribution is -0.384. The molecule has 0 amide bonds. The number of rotatable bonds is 3. The fourth-order valence-corrected chi connectivity index (χ4v) is 1.79. The van der Waals surface area contributed by atoms with Gasteiger partial charge in [-0.3, -0.25) is 10.1 Å². The van der Waals surface area contributed by atoms with Crippen LogP contribution < -0.4 is 10.5 Å². The highest BCUT2D eigenvalue weighted by Crippen LogP contribution is 2.30. The van der Waals surface area contributed by atoms with Gasteiger partial charge in [-0.25, -0.2) is 4.39 Å². The Morgan fingerprint density at radius 1 is 1.26 bits per heavy atom. The first-order valence-corrected chi connectivity index (χ1v) is 5.93. The van der Waals surface area contributed by atoms with Crippen molar-refractivity contribution < 1.29 is 14.1 Å². The highest BCUT2D eigenvalue weighted by molar-refractivity contribution is 9.10. The lowest BCUT2D eigenvalue weighted by atomic mass is 10.2. The first-order valence-electron chi connectivity index (χ1n) is 5.13. The Morgan fingerprint density at radius 3 is 2.63 bits per heavy atom. The molecule has 0 heterocycles. The van der Waals surface area contributed by atoms with E-state index in [2.05, 4.69) is 15.9 Å². The summed E-state index contributed by atoms with van der Waals surface area (Å²) >= 11 is 3.12.